The Kier molecular flexibility index (Phi) is 7.40. The van der Waals surface area contributed by atoms with Gasteiger partial charge in [-0.25, -0.2) is 9.78 Å². The molecule has 0 radical (unpaired) electrons. The van der Waals surface area contributed by atoms with Gasteiger partial charge in [-0.2, -0.15) is 0 Å². The van der Waals surface area contributed by atoms with Crippen LogP contribution in [0.15, 0.2) is 47.8 Å². The molecule has 32 heavy (non-hydrogen) atoms. The number of esters is 1. The van der Waals surface area contributed by atoms with Crippen LogP contribution in [0.5, 0.6) is 11.5 Å². The molecule has 166 valence electrons. The summed E-state index contributed by atoms with van der Waals surface area (Å²) in [6.07, 6.45) is -0.0329. The molecule has 1 heterocycles. The number of benzene rings is 2. The van der Waals surface area contributed by atoms with Crippen LogP contribution in [0.3, 0.4) is 0 Å². The fourth-order valence-corrected chi connectivity index (χ4v) is 3.50. The number of rotatable bonds is 8. The maximum absolute atomic E-state index is 12.6. The van der Waals surface area contributed by atoms with E-state index in [1.54, 1.807) is 47.8 Å². The smallest absolute Gasteiger partial charge is 0.339 e. The molecule has 0 atom stereocenters. The van der Waals surface area contributed by atoms with E-state index in [4.69, 9.17) is 14.2 Å². The second kappa shape index (κ2) is 10.4. The van der Waals surface area contributed by atoms with Gasteiger partial charge in [-0.3, -0.25) is 14.9 Å². The first-order valence-corrected chi connectivity index (χ1v) is 10.3. The van der Waals surface area contributed by atoms with Crippen molar-refractivity contribution in [1.29, 1.82) is 0 Å². The van der Waals surface area contributed by atoms with Crippen LogP contribution in [0, 0.1) is 0 Å². The Bertz CT molecular complexity index is 1120. The molecule has 0 saturated carbocycles. The number of ether oxygens (including phenoxy) is 3. The second-order valence-electron chi connectivity index (χ2n) is 6.46. The summed E-state index contributed by atoms with van der Waals surface area (Å²) >= 11 is 1.19. The lowest BCUT2D eigenvalue weighted by atomic mass is 10.1. The van der Waals surface area contributed by atoms with Gasteiger partial charge < -0.3 is 19.5 Å². The van der Waals surface area contributed by atoms with Gasteiger partial charge in [0.1, 0.15) is 11.5 Å². The van der Waals surface area contributed by atoms with Crippen molar-refractivity contribution in [3.05, 3.63) is 64.7 Å². The van der Waals surface area contributed by atoms with Crippen molar-refractivity contribution in [2.45, 2.75) is 6.42 Å². The highest BCUT2D eigenvalue weighted by atomic mass is 32.1. The number of amides is 2. The third-order valence-electron chi connectivity index (χ3n) is 4.33. The Balaban J connectivity index is 1.65. The van der Waals surface area contributed by atoms with Gasteiger partial charge in [-0.05, 0) is 24.3 Å². The van der Waals surface area contributed by atoms with Crippen molar-refractivity contribution >= 4 is 39.9 Å². The summed E-state index contributed by atoms with van der Waals surface area (Å²) in [6.45, 7) is 0. The van der Waals surface area contributed by atoms with E-state index in [-0.39, 0.29) is 23.8 Å². The summed E-state index contributed by atoms with van der Waals surface area (Å²) in [5, 5.41) is 7.40. The van der Waals surface area contributed by atoms with Gasteiger partial charge >= 0.3 is 5.97 Å². The lowest BCUT2D eigenvalue weighted by Gasteiger charge is -2.09. The molecule has 3 rings (SSSR count). The third-order valence-corrected chi connectivity index (χ3v) is 5.14. The molecule has 3 aromatic rings. The zero-order valence-corrected chi connectivity index (χ0v) is 18.4. The lowest BCUT2D eigenvalue weighted by molar-refractivity contribution is -0.115. The minimum absolute atomic E-state index is 0.0329. The first-order chi connectivity index (χ1) is 15.4. The number of carbonyl (C=O) groups excluding carboxylic acids is 3. The minimum atomic E-state index is -0.547. The van der Waals surface area contributed by atoms with Gasteiger partial charge in [0.05, 0.1) is 44.7 Å². The van der Waals surface area contributed by atoms with E-state index in [2.05, 4.69) is 15.6 Å². The predicted octanol–water partition coefficient (Wildman–Crippen LogP) is 3.38. The molecule has 0 fully saturated rings. The highest BCUT2D eigenvalue weighted by Crippen LogP contribution is 2.24. The van der Waals surface area contributed by atoms with Gasteiger partial charge in [-0.15, -0.1) is 11.3 Å². The topological polar surface area (TPSA) is 116 Å². The highest BCUT2D eigenvalue weighted by Gasteiger charge is 2.16. The summed E-state index contributed by atoms with van der Waals surface area (Å²) in [5.74, 6) is -0.327. The summed E-state index contributed by atoms with van der Waals surface area (Å²) in [6, 6.07) is 11.4. The Morgan fingerprint density at radius 3 is 2.31 bits per heavy atom. The van der Waals surface area contributed by atoms with Crippen molar-refractivity contribution in [1.82, 2.24) is 4.98 Å². The fourth-order valence-electron chi connectivity index (χ4n) is 2.79. The SMILES string of the molecule is COC(=O)c1ccccc1NC(=O)Cc1csc(NC(=O)c2cc(OC)cc(OC)c2)n1. The molecule has 2 aromatic carbocycles. The first-order valence-electron chi connectivity index (χ1n) is 9.39. The molecule has 0 spiro atoms. The summed E-state index contributed by atoms with van der Waals surface area (Å²) in [4.78, 5) is 41.1. The number of hydrogen-bond acceptors (Lipinski definition) is 8. The van der Waals surface area contributed by atoms with Crippen LogP contribution in [0.25, 0.3) is 0 Å². The molecule has 9 nitrogen and oxygen atoms in total. The average molecular weight is 455 g/mol. The van der Waals surface area contributed by atoms with Crippen LogP contribution in [-0.4, -0.2) is 44.1 Å². The van der Waals surface area contributed by atoms with Gasteiger partial charge in [0, 0.05) is 17.0 Å². The van der Waals surface area contributed by atoms with E-state index in [9.17, 15) is 14.4 Å². The Morgan fingerprint density at radius 1 is 0.969 bits per heavy atom. The standard InChI is InChI=1S/C22H21N3O6S/c1-29-15-8-13(9-16(11-15)30-2)20(27)25-22-23-14(12-32-22)10-19(26)24-18-7-5-4-6-17(18)21(28)31-3/h4-9,11-12H,10H2,1-3H3,(H,24,26)(H,23,25,27). The number of para-hydroxylation sites is 1. The molecule has 0 unspecified atom stereocenters. The number of hydrogen-bond donors (Lipinski definition) is 2. The summed E-state index contributed by atoms with van der Waals surface area (Å²) in [5.41, 5.74) is 1.42. The van der Waals surface area contributed by atoms with Crippen LogP contribution in [0.4, 0.5) is 10.8 Å². The number of thiazole rings is 1. The lowest BCUT2D eigenvalue weighted by Crippen LogP contribution is -2.17. The maximum Gasteiger partial charge on any atom is 0.339 e. The van der Waals surface area contributed by atoms with E-state index >= 15 is 0 Å². The van der Waals surface area contributed by atoms with Crippen molar-refractivity contribution in [2.24, 2.45) is 0 Å². The van der Waals surface area contributed by atoms with Crippen LogP contribution >= 0.6 is 11.3 Å². The minimum Gasteiger partial charge on any atom is -0.497 e. The molecule has 2 amide bonds. The third kappa shape index (κ3) is 5.61. The van der Waals surface area contributed by atoms with Crippen LogP contribution in [0.1, 0.15) is 26.4 Å². The predicted molar refractivity (Wildman–Crippen MR) is 120 cm³/mol. The second-order valence-corrected chi connectivity index (χ2v) is 7.32. The fraction of sp³-hybridized carbons (Fsp3) is 0.182. The monoisotopic (exact) mass is 455 g/mol. The van der Waals surface area contributed by atoms with E-state index in [1.807, 2.05) is 0 Å². The largest absolute Gasteiger partial charge is 0.497 e. The Labute approximate surface area is 188 Å². The molecule has 10 heteroatoms. The molecule has 0 aliphatic rings. The molecule has 2 N–H and O–H groups in total. The van der Waals surface area contributed by atoms with E-state index < -0.39 is 5.97 Å². The zero-order valence-electron chi connectivity index (χ0n) is 17.6. The van der Waals surface area contributed by atoms with E-state index in [0.717, 1.165) is 0 Å². The Hall–Kier alpha value is -3.92. The quantitative estimate of drug-likeness (QED) is 0.500. The molecular formula is C22H21N3O6S. The highest BCUT2D eigenvalue weighted by molar-refractivity contribution is 7.14. The molecule has 0 aliphatic heterocycles. The molecular weight excluding hydrogens is 434 g/mol. The van der Waals surface area contributed by atoms with Gasteiger partial charge in [0.15, 0.2) is 5.13 Å². The van der Waals surface area contributed by atoms with Crippen molar-refractivity contribution in [3.63, 3.8) is 0 Å². The molecule has 0 bridgehead atoms. The number of nitrogens with zero attached hydrogens (tertiary/aromatic N) is 1. The summed E-state index contributed by atoms with van der Waals surface area (Å²) < 4.78 is 15.1. The zero-order chi connectivity index (χ0) is 23.1. The molecule has 0 saturated heterocycles. The van der Waals surface area contributed by atoms with Gasteiger partial charge in [0.25, 0.3) is 5.91 Å². The molecule has 0 aliphatic carbocycles. The normalized spacial score (nSPS) is 10.2. The van der Waals surface area contributed by atoms with Crippen molar-refractivity contribution in [3.8, 4) is 11.5 Å². The van der Waals surface area contributed by atoms with Crippen LogP contribution in [0.2, 0.25) is 0 Å². The number of aromatic nitrogens is 1. The average Bonchev–Trinajstić information content (AvgIpc) is 3.24. The number of methoxy groups -OCH3 is 3. The molecule has 1 aromatic heterocycles. The number of anilines is 2. The van der Waals surface area contributed by atoms with E-state index in [1.165, 1.54) is 32.7 Å². The van der Waals surface area contributed by atoms with Crippen molar-refractivity contribution < 1.29 is 28.6 Å². The first kappa shape index (κ1) is 22.8. The van der Waals surface area contributed by atoms with Gasteiger partial charge in [-0.1, -0.05) is 12.1 Å². The summed E-state index contributed by atoms with van der Waals surface area (Å²) in [7, 11) is 4.27. The van der Waals surface area contributed by atoms with Crippen molar-refractivity contribution in [2.75, 3.05) is 32.0 Å². The Morgan fingerprint density at radius 2 is 1.66 bits per heavy atom. The van der Waals surface area contributed by atoms with Gasteiger partial charge in [0.2, 0.25) is 5.91 Å². The number of nitrogens with one attached hydrogen (secondary N) is 2. The van der Waals surface area contributed by atoms with E-state index in [0.29, 0.717) is 33.6 Å². The number of carbonyl (C=O) groups is 3. The maximum atomic E-state index is 12.6. The van der Waals surface area contributed by atoms with Crippen LogP contribution < -0.4 is 20.1 Å². The van der Waals surface area contributed by atoms with Crippen LogP contribution in [-0.2, 0) is 16.0 Å².